The lowest BCUT2D eigenvalue weighted by Gasteiger charge is -2.22. The Hall–Kier alpha value is -2.15. The van der Waals surface area contributed by atoms with Crippen molar-refractivity contribution in [2.45, 2.75) is 13.1 Å². The molecule has 0 radical (unpaired) electrons. The maximum atomic E-state index is 8.99. The van der Waals surface area contributed by atoms with Crippen LogP contribution in [0.4, 0.5) is 0 Å². The van der Waals surface area contributed by atoms with Gasteiger partial charge >= 0.3 is 0 Å². The number of benzene rings is 2. The number of hydrogen-bond acceptors (Lipinski definition) is 3. The number of methoxy groups -OCH3 is 1. The molecule has 0 atom stereocenters. The van der Waals surface area contributed by atoms with Crippen LogP contribution in [0, 0.1) is 11.3 Å². The van der Waals surface area contributed by atoms with Gasteiger partial charge < -0.3 is 4.74 Å². The van der Waals surface area contributed by atoms with Gasteiger partial charge in [0.2, 0.25) is 0 Å². The van der Waals surface area contributed by atoms with Crippen molar-refractivity contribution in [3.63, 3.8) is 0 Å². The standard InChI is InChI=1S/C18H20N2O/c1-21-11-10-20(14-16-6-3-2-4-7-16)15-18-9-5-8-17(12-18)13-19/h2-9,12H,10-11,14-15H2,1H3. The lowest BCUT2D eigenvalue weighted by molar-refractivity contribution is 0.140. The fourth-order valence-corrected chi connectivity index (χ4v) is 2.27. The van der Waals surface area contributed by atoms with Gasteiger partial charge in [-0.05, 0) is 23.3 Å². The molecule has 0 aromatic heterocycles. The second kappa shape index (κ2) is 8.21. The van der Waals surface area contributed by atoms with Crippen LogP contribution in [0.25, 0.3) is 0 Å². The van der Waals surface area contributed by atoms with Crippen LogP contribution in [0.2, 0.25) is 0 Å². The zero-order chi connectivity index (χ0) is 14.9. The largest absolute Gasteiger partial charge is 0.383 e. The second-order valence-electron chi connectivity index (χ2n) is 5.00. The highest BCUT2D eigenvalue weighted by Crippen LogP contribution is 2.11. The van der Waals surface area contributed by atoms with E-state index in [0.29, 0.717) is 12.2 Å². The highest BCUT2D eigenvalue weighted by atomic mass is 16.5. The normalized spacial score (nSPS) is 10.5. The van der Waals surface area contributed by atoms with Crippen LogP contribution >= 0.6 is 0 Å². The van der Waals surface area contributed by atoms with E-state index >= 15 is 0 Å². The highest BCUT2D eigenvalue weighted by molar-refractivity contribution is 5.32. The third-order valence-electron chi connectivity index (χ3n) is 3.32. The predicted octanol–water partition coefficient (Wildman–Crippen LogP) is 3.21. The molecule has 0 bridgehead atoms. The van der Waals surface area contributed by atoms with E-state index in [1.165, 1.54) is 5.56 Å². The minimum Gasteiger partial charge on any atom is -0.383 e. The van der Waals surface area contributed by atoms with Gasteiger partial charge in [-0.2, -0.15) is 5.26 Å². The van der Waals surface area contributed by atoms with Gasteiger partial charge in [-0.1, -0.05) is 42.5 Å². The average molecular weight is 280 g/mol. The molecule has 0 saturated heterocycles. The van der Waals surface area contributed by atoms with Crippen LogP contribution in [-0.2, 0) is 17.8 Å². The van der Waals surface area contributed by atoms with Crippen molar-refractivity contribution < 1.29 is 4.74 Å². The summed E-state index contributed by atoms with van der Waals surface area (Å²) in [5.74, 6) is 0. The zero-order valence-electron chi connectivity index (χ0n) is 12.3. The van der Waals surface area contributed by atoms with Gasteiger partial charge in [-0.25, -0.2) is 0 Å². The molecule has 0 aliphatic rings. The molecular weight excluding hydrogens is 260 g/mol. The molecule has 2 aromatic carbocycles. The Morgan fingerprint density at radius 2 is 1.71 bits per heavy atom. The molecule has 0 heterocycles. The molecule has 0 amide bonds. The molecule has 0 unspecified atom stereocenters. The van der Waals surface area contributed by atoms with Crippen molar-refractivity contribution in [1.82, 2.24) is 4.90 Å². The van der Waals surface area contributed by atoms with Crippen molar-refractivity contribution in [2.75, 3.05) is 20.3 Å². The highest BCUT2D eigenvalue weighted by Gasteiger charge is 2.07. The van der Waals surface area contributed by atoms with Crippen LogP contribution in [0.3, 0.4) is 0 Å². The molecule has 0 fully saturated rings. The Balaban J connectivity index is 2.06. The third kappa shape index (κ3) is 5.03. The molecule has 0 spiro atoms. The van der Waals surface area contributed by atoms with Crippen LogP contribution in [0.1, 0.15) is 16.7 Å². The number of nitrogens with zero attached hydrogens (tertiary/aromatic N) is 2. The Morgan fingerprint density at radius 1 is 1.00 bits per heavy atom. The molecule has 21 heavy (non-hydrogen) atoms. The number of ether oxygens (including phenoxy) is 1. The van der Waals surface area contributed by atoms with Crippen LogP contribution in [0.5, 0.6) is 0 Å². The summed E-state index contributed by atoms with van der Waals surface area (Å²) in [4.78, 5) is 2.33. The van der Waals surface area contributed by atoms with Crippen LogP contribution in [0.15, 0.2) is 54.6 Å². The fourth-order valence-electron chi connectivity index (χ4n) is 2.27. The van der Waals surface area contributed by atoms with E-state index in [2.05, 4.69) is 41.3 Å². The van der Waals surface area contributed by atoms with Crippen molar-refractivity contribution in [3.8, 4) is 6.07 Å². The first-order valence-electron chi connectivity index (χ1n) is 7.06. The van der Waals surface area contributed by atoms with Crippen LogP contribution < -0.4 is 0 Å². The average Bonchev–Trinajstić information content (AvgIpc) is 2.54. The Labute approximate surface area is 126 Å². The molecule has 0 aliphatic heterocycles. The third-order valence-corrected chi connectivity index (χ3v) is 3.32. The SMILES string of the molecule is COCCN(Cc1ccccc1)Cc1cccc(C#N)c1. The molecule has 2 aromatic rings. The molecule has 3 heteroatoms. The van der Waals surface area contributed by atoms with Gasteiger partial charge in [0.05, 0.1) is 18.2 Å². The van der Waals surface area contributed by atoms with Gasteiger partial charge in [0, 0.05) is 26.7 Å². The smallest absolute Gasteiger partial charge is 0.0991 e. The number of nitriles is 1. The molecule has 0 saturated carbocycles. The lowest BCUT2D eigenvalue weighted by atomic mass is 10.1. The van der Waals surface area contributed by atoms with Gasteiger partial charge in [0.25, 0.3) is 0 Å². The summed E-state index contributed by atoms with van der Waals surface area (Å²) >= 11 is 0. The fraction of sp³-hybridized carbons (Fsp3) is 0.278. The van der Waals surface area contributed by atoms with E-state index in [1.54, 1.807) is 7.11 Å². The zero-order valence-corrected chi connectivity index (χ0v) is 12.3. The first kappa shape index (κ1) is 15.2. The quantitative estimate of drug-likeness (QED) is 0.781. The Bertz CT molecular complexity index is 590. The van der Waals surface area contributed by atoms with Gasteiger partial charge in [-0.15, -0.1) is 0 Å². The predicted molar refractivity (Wildman–Crippen MR) is 83.6 cm³/mol. The maximum absolute atomic E-state index is 8.99. The van der Waals surface area contributed by atoms with Crippen LogP contribution in [-0.4, -0.2) is 25.2 Å². The molecule has 108 valence electrons. The van der Waals surface area contributed by atoms with E-state index < -0.39 is 0 Å². The monoisotopic (exact) mass is 280 g/mol. The van der Waals surface area contributed by atoms with Gasteiger partial charge in [0.15, 0.2) is 0 Å². The van der Waals surface area contributed by atoms with Gasteiger partial charge in [0.1, 0.15) is 0 Å². The summed E-state index contributed by atoms with van der Waals surface area (Å²) in [5.41, 5.74) is 3.14. The van der Waals surface area contributed by atoms with E-state index in [0.717, 1.165) is 25.2 Å². The first-order chi connectivity index (χ1) is 10.3. The van der Waals surface area contributed by atoms with Crippen molar-refractivity contribution >= 4 is 0 Å². The van der Waals surface area contributed by atoms with E-state index in [-0.39, 0.29) is 0 Å². The lowest BCUT2D eigenvalue weighted by Crippen LogP contribution is -2.26. The summed E-state index contributed by atoms with van der Waals surface area (Å²) in [6, 6.07) is 20.4. The Morgan fingerprint density at radius 3 is 2.43 bits per heavy atom. The number of rotatable bonds is 7. The van der Waals surface area contributed by atoms with E-state index in [9.17, 15) is 0 Å². The molecular formula is C18H20N2O. The number of hydrogen-bond donors (Lipinski definition) is 0. The summed E-state index contributed by atoms with van der Waals surface area (Å²) in [6.07, 6.45) is 0. The van der Waals surface area contributed by atoms with E-state index in [4.69, 9.17) is 10.00 Å². The van der Waals surface area contributed by atoms with E-state index in [1.807, 2.05) is 24.3 Å². The minimum atomic E-state index is 0.699. The molecule has 3 nitrogen and oxygen atoms in total. The summed E-state index contributed by atoms with van der Waals surface area (Å²) < 4.78 is 5.20. The topological polar surface area (TPSA) is 36.3 Å². The van der Waals surface area contributed by atoms with Gasteiger partial charge in [-0.3, -0.25) is 4.90 Å². The summed E-state index contributed by atoms with van der Waals surface area (Å²) in [5, 5.41) is 8.99. The molecule has 2 rings (SSSR count). The maximum Gasteiger partial charge on any atom is 0.0991 e. The molecule has 0 aliphatic carbocycles. The second-order valence-corrected chi connectivity index (χ2v) is 5.00. The molecule has 0 N–H and O–H groups in total. The first-order valence-corrected chi connectivity index (χ1v) is 7.06. The van der Waals surface area contributed by atoms with Crippen molar-refractivity contribution in [1.29, 1.82) is 5.26 Å². The van der Waals surface area contributed by atoms with Crippen molar-refractivity contribution in [3.05, 3.63) is 71.3 Å². The Kier molecular flexibility index (Phi) is 5.96. The summed E-state index contributed by atoms with van der Waals surface area (Å²) in [6.45, 7) is 3.25. The minimum absolute atomic E-state index is 0.699. The van der Waals surface area contributed by atoms with Crippen molar-refractivity contribution in [2.24, 2.45) is 0 Å². The summed E-state index contributed by atoms with van der Waals surface area (Å²) in [7, 11) is 1.72.